The van der Waals surface area contributed by atoms with Crippen LogP contribution in [0, 0.1) is 20.8 Å². The topological polar surface area (TPSA) is 78.9 Å². The highest BCUT2D eigenvalue weighted by molar-refractivity contribution is 5.99. The van der Waals surface area contributed by atoms with E-state index in [1.54, 1.807) is 7.05 Å². The Morgan fingerprint density at radius 3 is 2.24 bits per heavy atom. The highest BCUT2D eigenvalue weighted by atomic mass is 16.2. The number of aryl methyl sites for hydroxylation is 4. The predicted octanol–water partition coefficient (Wildman–Crippen LogP) is 1.24. The van der Waals surface area contributed by atoms with Crippen LogP contribution in [0.1, 0.15) is 27.0 Å². The van der Waals surface area contributed by atoms with Crippen LogP contribution in [0.2, 0.25) is 0 Å². The first-order valence-electron chi connectivity index (χ1n) is 7.94. The molecule has 130 valence electrons. The van der Waals surface area contributed by atoms with E-state index in [0.717, 1.165) is 21.3 Å². The largest absolute Gasteiger partial charge is 0.332 e. The summed E-state index contributed by atoms with van der Waals surface area (Å²) in [7, 11) is 2.97. The van der Waals surface area contributed by atoms with Gasteiger partial charge in [-0.2, -0.15) is 0 Å². The van der Waals surface area contributed by atoms with Gasteiger partial charge in [-0.05, 0) is 31.9 Å². The molecular weight excluding hydrogens is 320 g/mol. The molecule has 2 aromatic heterocycles. The smallest absolute Gasteiger partial charge is 0.317 e. The van der Waals surface area contributed by atoms with E-state index >= 15 is 0 Å². The van der Waals surface area contributed by atoms with Gasteiger partial charge in [-0.3, -0.25) is 18.7 Å². The third-order valence-corrected chi connectivity index (χ3v) is 4.49. The number of benzene rings is 1. The van der Waals surface area contributed by atoms with Crippen LogP contribution in [0.15, 0.2) is 28.0 Å². The maximum absolute atomic E-state index is 12.8. The first kappa shape index (κ1) is 16.9. The molecule has 0 aliphatic rings. The van der Waals surface area contributed by atoms with E-state index in [1.165, 1.54) is 22.5 Å². The van der Waals surface area contributed by atoms with Crippen LogP contribution in [0.5, 0.6) is 0 Å². The highest BCUT2D eigenvalue weighted by Crippen LogP contribution is 2.18. The fourth-order valence-electron chi connectivity index (χ4n) is 3.37. The van der Waals surface area contributed by atoms with Crippen molar-refractivity contribution in [1.82, 2.24) is 18.7 Å². The number of aromatic nitrogens is 4. The lowest BCUT2D eigenvalue weighted by molar-refractivity contribution is 0.0972. The van der Waals surface area contributed by atoms with Crippen LogP contribution in [0.4, 0.5) is 0 Å². The van der Waals surface area contributed by atoms with Gasteiger partial charge >= 0.3 is 5.69 Å². The third kappa shape index (κ3) is 2.61. The molecule has 2 heterocycles. The highest BCUT2D eigenvalue weighted by Gasteiger charge is 2.18. The summed E-state index contributed by atoms with van der Waals surface area (Å²) in [5, 5.41) is 0. The van der Waals surface area contributed by atoms with Gasteiger partial charge in [0, 0.05) is 19.7 Å². The van der Waals surface area contributed by atoms with Crippen molar-refractivity contribution < 1.29 is 4.79 Å². The number of rotatable bonds is 3. The molecule has 7 nitrogen and oxygen atoms in total. The molecule has 0 spiro atoms. The van der Waals surface area contributed by atoms with Gasteiger partial charge < -0.3 is 4.57 Å². The monoisotopic (exact) mass is 340 g/mol. The number of carbonyl (C=O) groups excluding carboxylic acids is 1. The molecule has 0 radical (unpaired) electrons. The number of ketones is 1. The van der Waals surface area contributed by atoms with E-state index < -0.39 is 11.2 Å². The van der Waals surface area contributed by atoms with E-state index in [0.29, 0.717) is 5.56 Å². The summed E-state index contributed by atoms with van der Waals surface area (Å²) in [4.78, 5) is 41.4. The minimum atomic E-state index is -0.458. The summed E-state index contributed by atoms with van der Waals surface area (Å²) >= 11 is 0. The van der Waals surface area contributed by atoms with Gasteiger partial charge in [0.1, 0.15) is 0 Å². The lowest BCUT2D eigenvalue weighted by Gasteiger charge is -2.11. The molecule has 0 bridgehead atoms. The minimum absolute atomic E-state index is 0.00527. The zero-order valence-corrected chi connectivity index (χ0v) is 15.0. The van der Waals surface area contributed by atoms with Gasteiger partial charge in [0.2, 0.25) is 0 Å². The standard InChI is InChI=1S/C18H20N4O3/c1-10-6-11(2)14(12(3)7-10)13(23)8-22-9-19-16-15(22)17(24)21(5)18(25)20(16)4/h6-7,9H,8H2,1-5H3. The second kappa shape index (κ2) is 5.84. The first-order valence-corrected chi connectivity index (χ1v) is 7.94. The molecule has 0 amide bonds. The van der Waals surface area contributed by atoms with E-state index in [1.807, 2.05) is 32.9 Å². The van der Waals surface area contributed by atoms with Crippen LogP contribution < -0.4 is 11.2 Å². The van der Waals surface area contributed by atoms with Gasteiger partial charge in [0.15, 0.2) is 16.9 Å². The molecule has 0 saturated carbocycles. The molecule has 0 aliphatic carbocycles. The second-order valence-corrected chi connectivity index (χ2v) is 6.45. The SMILES string of the molecule is Cc1cc(C)c(C(=O)Cn2cnc3c2c(=O)n(C)c(=O)n3C)c(C)c1. The minimum Gasteiger partial charge on any atom is -0.317 e. The number of hydrogen-bond acceptors (Lipinski definition) is 4. The zero-order valence-electron chi connectivity index (χ0n) is 15.0. The molecule has 0 aliphatic heterocycles. The number of imidazole rings is 1. The zero-order chi connectivity index (χ0) is 18.5. The summed E-state index contributed by atoms with van der Waals surface area (Å²) in [5.74, 6) is -0.0924. The molecular formula is C18H20N4O3. The number of nitrogens with zero attached hydrogens (tertiary/aromatic N) is 4. The lowest BCUT2D eigenvalue weighted by Crippen LogP contribution is -2.37. The average molecular weight is 340 g/mol. The number of fused-ring (bicyclic) bond motifs is 1. The fourth-order valence-corrected chi connectivity index (χ4v) is 3.37. The van der Waals surface area contributed by atoms with Crippen molar-refractivity contribution in [2.75, 3.05) is 0 Å². The lowest BCUT2D eigenvalue weighted by atomic mass is 9.96. The van der Waals surface area contributed by atoms with E-state index in [9.17, 15) is 14.4 Å². The summed E-state index contributed by atoms with van der Waals surface area (Å²) < 4.78 is 3.84. The van der Waals surface area contributed by atoms with Crippen LogP contribution >= 0.6 is 0 Å². The molecule has 25 heavy (non-hydrogen) atoms. The number of carbonyl (C=O) groups is 1. The summed E-state index contributed by atoms with van der Waals surface area (Å²) in [6, 6.07) is 3.93. The van der Waals surface area contributed by atoms with Crippen molar-refractivity contribution in [3.05, 3.63) is 61.6 Å². The van der Waals surface area contributed by atoms with E-state index in [-0.39, 0.29) is 23.5 Å². The maximum Gasteiger partial charge on any atom is 0.332 e. The summed E-state index contributed by atoms with van der Waals surface area (Å²) in [6.07, 6.45) is 1.43. The van der Waals surface area contributed by atoms with E-state index in [2.05, 4.69) is 4.98 Å². The molecule has 3 aromatic rings. The molecule has 3 rings (SSSR count). The van der Waals surface area contributed by atoms with Gasteiger partial charge in [-0.15, -0.1) is 0 Å². The van der Waals surface area contributed by atoms with Crippen molar-refractivity contribution in [2.45, 2.75) is 27.3 Å². The Morgan fingerprint density at radius 1 is 1.04 bits per heavy atom. The van der Waals surface area contributed by atoms with Crippen LogP contribution in [-0.4, -0.2) is 24.5 Å². The van der Waals surface area contributed by atoms with Crippen LogP contribution in [-0.2, 0) is 20.6 Å². The number of hydrogen-bond donors (Lipinski definition) is 0. The Kier molecular flexibility index (Phi) is 3.94. The Balaban J connectivity index is 2.13. The Morgan fingerprint density at radius 2 is 1.64 bits per heavy atom. The Hall–Kier alpha value is -2.96. The second-order valence-electron chi connectivity index (χ2n) is 6.45. The molecule has 0 fully saturated rings. The van der Waals surface area contributed by atoms with Crippen molar-refractivity contribution in [3.8, 4) is 0 Å². The molecule has 0 unspecified atom stereocenters. The van der Waals surface area contributed by atoms with Crippen molar-refractivity contribution in [3.63, 3.8) is 0 Å². The molecule has 0 atom stereocenters. The quantitative estimate of drug-likeness (QED) is 0.672. The van der Waals surface area contributed by atoms with E-state index in [4.69, 9.17) is 0 Å². The van der Waals surface area contributed by atoms with Gasteiger partial charge in [-0.1, -0.05) is 17.7 Å². The molecule has 0 N–H and O–H groups in total. The first-order chi connectivity index (χ1) is 11.7. The Bertz CT molecular complexity index is 1110. The fraction of sp³-hybridized carbons (Fsp3) is 0.333. The average Bonchev–Trinajstić information content (AvgIpc) is 2.93. The van der Waals surface area contributed by atoms with Crippen molar-refractivity contribution in [2.24, 2.45) is 14.1 Å². The molecule has 7 heteroatoms. The van der Waals surface area contributed by atoms with Crippen molar-refractivity contribution in [1.29, 1.82) is 0 Å². The number of Topliss-reactive ketones (excluding diaryl/α,β-unsaturated/α-hetero) is 1. The van der Waals surface area contributed by atoms with Crippen molar-refractivity contribution >= 4 is 16.9 Å². The maximum atomic E-state index is 12.8. The van der Waals surface area contributed by atoms with Crippen LogP contribution in [0.3, 0.4) is 0 Å². The van der Waals surface area contributed by atoms with Gasteiger partial charge in [0.25, 0.3) is 5.56 Å². The molecule has 0 saturated heterocycles. The molecule has 1 aromatic carbocycles. The summed E-state index contributed by atoms with van der Waals surface area (Å²) in [6.45, 7) is 5.79. The van der Waals surface area contributed by atoms with Gasteiger partial charge in [-0.25, -0.2) is 9.78 Å². The van der Waals surface area contributed by atoms with Crippen LogP contribution in [0.25, 0.3) is 11.2 Å². The predicted molar refractivity (Wildman–Crippen MR) is 95.2 cm³/mol. The summed E-state index contributed by atoms with van der Waals surface area (Å²) in [5.41, 5.74) is 3.20. The normalized spacial score (nSPS) is 11.2. The Labute approximate surface area is 144 Å². The third-order valence-electron chi connectivity index (χ3n) is 4.49. The van der Waals surface area contributed by atoms with Gasteiger partial charge in [0.05, 0.1) is 12.9 Å².